The molecule has 0 aromatic rings. The van der Waals surface area contributed by atoms with Crippen LogP contribution in [0.3, 0.4) is 0 Å². The van der Waals surface area contributed by atoms with E-state index in [0.717, 1.165) is 0 Å². The van der Waals surface area contributed by atoms with Crippen molar-refractivity contribution in [2.45, 2.75) is 64.3 Å². The second-order valence-corrected chi connectivity index (χ2v) is 5.95. The SMILES string of the molecule is C=CCCC1=N[C@H]2[C@@H](O1)O[C@H](COC(C)=O)[C@@H](OC(C)=O)[C@@H]2OC(C)=O. The minimum absolute atomic E-state index is 0.181. The fraction of sp³-hybridized carbons (Fsp3) is 0.647. The van der Waals surface area contributed by atoms with Gasteiger partial charge < -0.3 is 23.7 Å². The van der Waals surface area contributed by atoms with Crippen LogP contribution in [0, 0.1) is 0 Å². The molecule has 0 aromatic heterocycles. The predicted molar refractivity (Wildman–Crippen MR) is 88.1 cm³/mol. The van der Waals surface area contributed by atoms with Crippen LogP contribution in [0.25, 0.3) is 0 Å². The molecule has 0 radical (unpaired) electrons. The summed E-state index contributed by atoms with van der Waals surface area (Å²) in [6.45, 7) is 7.19. The van der Waals surface area contributed by atoms with Crippen LogP contribution < -0.4 is 0 Å². The molecule has 0 amide bonds. The summed E-state index contributed by atoms with van der Waals surface area (Å²) in [5.41, 5.74) is 0. The summed E-state index contributed by atoms with van der Waals surface area (Å²) in [7, 11) is 0. The van der Waals surface area contributed by atoms with E-state index in [4.69, 9.17) is 23.7 Å². The van der Waals surface area contributed by atoms with Crippen LogP contribution in [0.4, 0.5) is 0 Å². The van der Waals surface area contributed by atoms with Gasteiger partial charge in [0.05, 0.1) is 0 Å². The van der Waals surface area contributed by atoms with Crippen molar-refractivity contribution in [2.24, 2.45) is 4.99 Å². The smallest absolute Gasteiger partial charge is 0.303 e. The molecule has 144 valence electrons. The molecule has 0 N–H and O–H groups in total. The van der Waals surface area contributed by atoms with Gasteiger partial charge in [0.15, 0.2) is 24.1 Å². The number of hydrogen-bond donors (Lipinski definition) is 0. The molecule has 26 heavy (non-hydrogen) atoms. The van der Waals surface area contributed by atoms with E-state index in [9.17, 15) is 14.4 Å². The lowest BCUT2D eigenvalue weighted by atomic mass is 9.97. The van der Waals surface area contributed by atoms with Gasteiger partial charge in [0.25, 0.3) is 0 Å². The van der Waals surface area contributed by atoms with E-state index in [2.05, 4.69) is 11.6 Å². The second kappa shape index (κ2) is 8.79. The summed E-state index contributed by atoms with van der Waals surface area (Å²) in [4.78, 5) is 38.6. The largest absolute Gasteiger partial charge is 0.463 e. The summed E-state index contributed by atoms with van der Waals surface area (Å²) in [5.74, 6) is -1.23. The van der Waals surface area contributed by atoms with Crippen LogP contribution in [0.1, 0.15) is 33.6 Å². The van der Waals surface area contributed by atoms with Crippen LogP contribution in [0.2, 0.25) is 0 Å². The summed E-state index contributed by atoms with van der Waals surface area (Å²) >= 11 is 0. The maximum atomic E-state index is 11.6. The highest BCUT2D eigenvalue weighted by molar-refractivity contribution is 5.78. The molecule has 9 heteroatoms. The zero-order chi connectivity index (χ0) is 19.3. The molecule has 0 unspecified atom stereocenters. The molecular formula is C17H23NO8. The number of nitrogens with zero attached hydrogens (tertiary/aromatic N) is 1. The molecule has 0 aromatic carbocycles. The number of hydrogen-bond acceptors (Lipinski definition) is 9. The molecule has 5 atom stereocenters. The Labute approximate surface area is 151 Å². The summed E-state index contributed by atoms with van der Waals surface area (Å²) in [5, 5.41) is 0. The van der Waals surface area contributed by atoms with Gasteiger partial charge >= 0.3 is 17.9 Å². The molecule has 1 fully saturated rings. The molecule has 9 nitrogen and oxygen atoms in total. The zero-order valence-corrected chi connectivity index (χ0v) is 15.0. The van der Waals surface area contributed by atoms with Gasteiger partial charge in [-0.15, -0.1) is 6.58 Å². The van der Waals surface area contributed by atoms with Crippen molar-refractivity contribution in [1.82, 2.24) is 0 Å². The van der Waals surface area contributed by atoms with E-state index >= 15 is 0 Å². The predicted octanol–water partition coefficient (Wildman–Crippen LogP) is 0.901. The van der Waals surface area contributed by atoms with Crippen molar-refractivity contribution in [3.8, 4) is 0 Å². The maximum Gasteiger partial charge on any atom is 0.303 e. The summed E-state index contributed by atoms with van der Waals surface area (Å²) < 4.78 is 27.1. The van der Waals surface area contributed by atoms with Gasteiger partial charge in [-0.05, 0) is 6.42 Å². The van der Waals surface area contributed by atoms with Gasteiger partial charge in [-0.1, -0.05) is 6.08 Å². The average Bonchev–Trinajstić information content (AvgIpc) is 2.95. The monoisotopic (exact) mass is 369 g/mol. The Morgan fingerprint density at radius 1 is 1.12 bits per heavy atom. The topological polar surface area (TPSA) is 110 Å². The fourth-order valence-corrected chi connectivity index (χ4v) is 2.80. The molecule has 2 aliphatic heterocycles. The first-order valence-corrected chi connectivity index (χ1v) is 8.29. The number of carbonyl (C=O) groups excluding carboxylic acids is 3. The fourth-order valence-electron chi connectivity index (χ4n) is 2.80. The Balaban J connectivity index is 2.26. The summed E-state index contributed by atoms with van der Waals surface area (Å²) in [6.07, 6.45) is -0.696. The first-order chi connectivity index (χ1) is 12.3. The van der Waals surface area contributed by atoms with Crippen LogP contribution in [-0.4, -0.2) is 61.1 Å². The van der Waals surface area contributed by atoms with Gasteiger partial charge in [-0.25, -0.2) is 4.99 Å². The molecule has 2 rings (SSSR count). The van der Waals surface area contributed by atoms with E-state index in [1.807, 2.05) is 0 Å². The van der Waals surface area contributed by atoms with Gasteiger partial charge in [0.1, 0.15) is 12.7 Å². The lowest BCUT2D eigenvalue weighted by Crippen LogP contribution is -2.60. The van der Waals surface area contributed by atoms with Crippen molar-refractivity contribution < 1.29 is 38.1 Å². The van der Waals surface area contributed by atoms with E-state index in [1.54, 1.807) is 6.08 Å². The maximum absolute atomic E-state index is 11.6. The quantitative estimate of drug-likeness (QED) is 0.370. The third kappa shape index (κ3) is 5.04. The van der Waals surface area contributed by atoms with Crippen molar-refractivity contribution in [3.63, 3.8) is 0 Å². The normalized spacial score (nSPS) is 29.7. The first kappa shape index (κ1) is 19.9. The number of ether oxygens (including phenoxy) is 5. The minimum atomic E-state index is -0.983. The second-order valence-electron chi connectivity index (χ2n) is 5.95. The number of allylic oxidation sites excluding steroid dienone is 1. The van der Waals surface area contributed by atoms with Crippen molar-refractivity contribution >= 4 is 23.8 Å². The average molecular weight is 369 g/mol. The number of carbonyl (C=O) groups is 3. The van der Waals surface area contributed by atoms with Crippen LogP contribution in [-0.2, 0) is 38.1 Å². The minimum Gasteiger partial charge on any atom is -0.463 e. The Bertz CT molecular complexity index is 602. The molecule has 0 aliphatic carbocycles. The summed E-state index contributed by atoms with van der Waals surface area (Å²) in [6, 6.07) is -0.684. The Morgan fingerprint density at radius 2 is 1.77 bits per heavy atom. The van der Waals surface area contributed by atoms with Crippen LogP contribution >= 0.6 is 0 Å². The molecule has 1 saturated heterocycles. The lowest BCUT2D eigenvalue weighted by Gasteiger charge is -2.40. The molecule has 0 bridgehead atoms. The van der Waals surface area contributed by atoms with Crippen molar-refractivity contribution in [3.05, 3.63) is 12.7 Å². The van der Waals surface area contributed by atoms with Gasteiger partial charge in [0, 0.05) is 27.2 Å². The van der Waals surface area contributed by atoms with Gasteiger partial charge in [-0.3, -0.25) is 14.4 Å². The van der Waals surface area contributed by atoms with E-state index < -0.39 is 48.6 Å². The van der Waals surface area contributed by atoms with Gasteiger partial charge in [-0.2, -0.15) is 0 Å². The Hall–Kier alpha value is -2.42. The zero-order valence-electron chi connectivity index (χ0n) is 15.0. The number of aliphatic imine (C=N–C) groups is 1. The molecule has 0 saturated carbocycles. The van der Waals surface area contributed by atoms with Crippen molar-refractivity contribution in [2.75, 3.05) is 6.61 Å². The standard InChI is InChI=1S/C17H23NO8/c1-5-6-7-13-18-14-16(24-11(4)21)15(23-10(3)20)12(8-22-9(2)19)25-17(14)26-13/h5,12,14-17H,1,6-8H2,2-4H3/t12-,14-,15-,16-,17-/m1/s1. The van der Waals surface area contributed by atoms with Crippen LogP contribution in [0.5, 0.6) is 0 Å². The van der Waals surface area contributed by atoms with Crippen LogP contribution in [0.15, 0.2) is 17.6 Å². The number of rotatable bonds is 7. The number of esters is 3. The molecular weight excluding hydrogens is 346 g/mol. The third-order valence-corrected chi connectivity index (χ3v) is 3.78. The first-order valence-electron chi connectivity index (χ1n) is 8.29. The molecule has 2 aliphatic rings. The van der Waals surface area contributed by atoms with E-state index in [-0.39, 0.29) is 6.61 Å². The Kier molecular flexibility index (Phi) is 6.73. The van der Waals surface area contributed by atoms with E-state index in [1.165, 1.54) is 20.8 Å². The lowest BCUT2D eigenvalue weighted by molar-refractivity contribution is -0.249. The number of fused-ring (bicyclic) bond motifs is 1. The molecule has 0 spiro atoms. The highest BCUT2D eigenvalue weighted by Crippen LogP contribution is 2.33. The molecule has 2 heterocycles. The van der Waals surface area contributed by atoms with Crippen molar-refractivity contribution in [1.29, 1.82) is 0 Å². The third-order valence-electron chi connectivity index (χ3n) is 3.78. The highest BCUT2D eigenvalue weighted by atomic mass is 16.7. The highest BCUT2D eigenvalue weighted by Gasteiger charge is 2.53. The van der Waals surface area contributed by atoms with E-state index in [0.29, 0.717) is 18.7 Å². The van der Waals surface area contributed by atoms with Gasteiger partial charge in [0.2, 0.25) is 6.29 Å². The Morgan fingerprint density at radius 3 is 2.35 bits per heavy atom.